The minimum atomic E-state index is -1.04. The molecule has 4 heteroatoms. The van der Waals surface area contributed by atoms with Gasteiger partial charge < -0.3 is 10.4 Å². The van der Waals surface area contributed by atoms with E-state index in [1.807, 2.05) is 41.1 Å². The molecule has 0 spiro atoms. The van der Waals surface area contributed by atoms with Crippen LogP contribution in [0.5, 0.6) is 0 Å². The molecule has 0 saturated heterocycles. The van der Waals surface area contributed by atoms with Gasteiger partial charge >= 0.3 is 0 Å². The average Bonchev–Trinajstić information content (AvgIpc) is 3.00. The molecule has 3 nitrogen and oxygen atoms in total. The lowest BCUT2D eigenvalue weighted by molar-refractivity contribution is 0.0530. The van der Waals surface area contributed by atoms with Gasteiger partial charge in [-0.15, -0.1) is 0 Å². The fourth-order valence-corrected chi connectivity index (χ4v) is 2.70. The van der Waals surface area contributed by atoms with Crippen LogP contribution in [0.15, 0.2) is 41.1 Å². The molecule has 0 aliphatic rings. The van der Waals surface area contributed by atoms with E-state index < -0.39 is 5.60 Å². The summed E-state index contributed by atoms with van der Waals surface area (Å²) in [6.07, 6.45) is 0.953. The van der Waals surface area contributed by atoms with Gasteiger partial charge in [0.25, 0.3) is 5.91 Å². The van der Waals surface area contributed by atoms with Crippen LogP contribution < -0.4 is 5.32 Å². The highest BCUT2D eigenvalue weighted by molar-refractivity contribution is 7.08. The highest BCUT2D eigenvalue weighted by Gasteiger charge is 2.24. The Morgan fingerprint density at radius 2 is 2.00 bits per heavy atom. The van der Waals surface area contributed by atoms with Gasteiger partial charge in [-0.25, -0.2) is 0 Å². The van der Waals surface area contributed by atoms with Crippen LogP contribution in [0.3, 0.4) is 0 Å². The topological polar surface area (TPSA) is 49.3 Å². The fraction of sp³-hybridized carbons (Fsp3) is 0.312. The molecule has 0 saturated carbocycles. The molecule has 1 atom stereocenters. The van der Waals surface area contributed by atoms with Crippen molar-refractivity contribution in [2.45, 2.75) is 25.9 Å². The van der Waals surface area contributed by atoms with Gasteiger partial charge in [0.15, 0.2) is 0 Å². The van der Waals surface area contributed by atoms with Gasteiger partial charge in [0.05, 0.1) is 6.54 Å². The summed E-state index contributed by atoms with van der Waals surface area (Å²) in [5, 5.41) is 16.9. The molecule has 0 bridgehead atoms. The molecule has 1 aromatic heterocycles. The Labute approximate surface area is 123 Å². The van der Waals surface area contributed by atoms with E-state index in [1.54, 1.807) is 6.92 Å². The third kappa shape index (κ3) is 3.46. The van der Waals surface area contributed by atoms with Crippen LogP contribution in [0.1, 0.15) is 35.3 Å². The van der Waals surface area contributed by atoms with Crippen molar-refractivity contribution in [2.24, 2.45) is 0 Å². The van der Waals surface area contributed by atoms with Crippen LogP contribution in [0, 0.1) is 0 Å². The van der Waals surface area contributed by atoms with Crippen molar-refractivity contribution in [3.63, 3.8) is 0 Å². The number of thiophene rings is 1. The normalized spacial score (nSPS) is 13.8. The first kappa shape index (κ1) is 14.8. The van der Waals surface area contributed by atoms with Crippen LogP contribution in [0.2, 0.25) is 0 Å². The third-order valence-electron chi connectivity index (χ3n) is 3.36. The molecule has 0 fully saturated rings. The monoisotopic (exact) mass is 289 g/mol. The van der Waals surface area contributed by atoms with E-state index in [9.17, 15) is 9.90 Å². The molecule has 20 heavy (non-hydrogen) atoms. The number of aryl methyl sites for hydroxylation is 1. The van der Waals surface area contributed by atoms with Crippen molar-refractivity contribution < 1.29 is 9.90 Å². The smallest absolute Gasteiger partial charge is 0.251 e. The molecule has 2 rings (SSSR count). The quantitative estimate of drug-likeness (QED) is 0.889. The largest absolute Gasteiger partial charge is 0.384 e. The molecular weight excluding hydrogens is 270 g/mol. The molecule has 2 N–H and O–H groups in total. The highest BCUT2D eigenvalue weighted by Crippen LogP contribution is 2.22. The van der Waals surface area contributed by atoms with Crippen molar-refractivity contribution in [1.29, 1.82) is 0 Å². The Morgan fingerprint density at radius 1 is 1.30 bits per heavy atom. The zero-order valence-electron chi connectivity index (χ0n) is 11.7. The summed E-state index contributed by atoms with van der Waals surface area (Å²) in [6, 6.07) is 9.39. The summed E-state index contributed by atoms with van der Waals surface area (Å²) >= 11 is 1.53. The van der Waals surface area contributed by atoms with Crippen molar-refractivity contribution in [3.8, 4) is 0 Å². The Morgan fingerprint density at radius 3 is 2.55 bits per heavy atom. The van der Waals surface area contributed by atoms with Gasteiger partial charge in [-0.05, 0) is 53.4 Å². The van der Waals surface area contributed by atoms with Crippen LogP contribution in [0.25, 0.3) is 0 Å². The van der Waals surface area contributed by atoms with Gasteiger partial charge in [-0.3, -0.25) is 4.79 Å². The minimum absolute atomic E-state index is 0.164. The first-order valence-corrected chi connectivity index (χ1v) is 7.59. The van der Waals surface area contributed by atoms with Crippen molar-refractivity contribution in [1.82, 2.24) is 5.32 Å². The lowest BCUT2D eigenvalue weighted by atomic mass is 9.99. The van der Waals surface area contributed by atoms with E-state index in [1.165, 1.54) is 16.9 Å². The van der Waals surface area contributed by atoms with Gasteiger partial charge in [0.2, 0.25) is 0 Å². The summed E-state index contributed by atoms with van der Waals surface area (Å²) in [5.74, 6) is -0.164. The maximum absolute atomic E-state index is 12.0. The third-order valence-corrected chi connectivity index (χ3v) is 4.04. The van der Waals surface area contributed by atoms with Gasteiger partial charge in [-0.1, -0.05) is 19.1 Å². The summed E-state index contributed by atoms with van der Waals surface area (Å²) in [6.45, 7) is 3.97. The Bertz CT molecular complexity index is 559. The number of benzene rings is 1. The maximum atomic E-state index is 12.0. The second-order valence-corrected chi connectivity index (χ2v) is 5.80. The lowest BCUT2D eigenvalue weighted by Gasteiger charge is -2.22. The maximum Gasteiger partial charge on any atom is 0.251 e. The predicted octanol–water partition coefficient (Wildman–Crippen LogP) is 2.95. The Hall–Kier alpha value is -1.65. The number of aliphatic hydroxyl groups is 1. The molecular formula is C16H19NO2S. The molecule has 2 aromatic rings. The number of hydrogen-bond donors (Lipinski definition) is 2. The van der Waals surface area contributed by atoms with Crippen LogP contribution in [-0.4, -0.2) is 17.6 Å². The molecule has 1 heterocycles. The van der Waals surface area contributed by atoms with Gasteiger partial charge in [0, 0.05) is 5.56 Å². The first-order valence-electron chi connectivity index (χ1n) is 6.65. The SMILES string of the molecule is CCc1ccc(C(=O)NCC(C)(O)c2ccsc2)cc1. The van der Waals surface area contributed by atoms with Crippen molar-refractivity contribution in [3.05, 3.63) is 57.8 Å². The van der Waals surface area contributed by atoms with Crippen molar-refractivity contribution >= 4 is 17.2 Å². The number of carbonyl (C=O) groups is 1. The van der Waals surface area contributed by atoms with E-state index in [0.29, 0.717) is 5.56 Å². The first-order chi connectivity index (χ1) is 9.53. The van der Waals surface area contributed by atoms with Crippen molar-refractivity contribution in [2.75, 3.05) is 6.54 Å². The second kappa shape index (κ2) is 6.20. The van der Waals surface area contributed by atoms with E-state index >= 15 is 0 Å². The molecule has 106 valence electrons. The highest BCUT2D eigenvalue weighted by atomic mass is 32.1. The zero-order chi connectivity index (χ0) is 14.6. The van der Waals surface area contributed by atoms with Gasteiger partial charge in [0.1, 0.15) is 5.60 Å². The van der Waals surface area contributed by atoms with Crippen LogP contribution >= 0.6 is 11.3 Å². The lowest BCUT2D eigenvalue weighted by Crippen LogP contribution is -2.38. The number of nitrogens with one attached hydrogen (secondary N) is 1. The summed E-state index contributed by atoms with van der Waals surface area (Å²) in [4.78, 5) is 12.0. The number of hydrogen-bond acceptors (Lipinski definition) is 3. The molecule has 0 radical (unpaired) electrons. The fourth-order valence-electron chi connectivity index (χ4n) is 1.92. The Balaban J connectivity index is 1.98. The standard InChI is InChI=1S/C16H19NO2S/c1-3-12-4-6-13(7-5-12)15(18)17-11-16(2,19)14-8-9-20-10-14/h4-10,19H,3,11H2,1-2H3,(H,17,18). The van der Waals surface area contributed by atoms with E-state index in [2.05, 4.69) is 12.2 Å². The van der Waals surface area contributed by atoms with Crippen LogP contribution in [-0.2, 0) is 12.0 Å². The summed E-state index contributed by atoms with van der Waals surface area (Å²) in [5.41, 5.74) is 1.60. The summed E-state index contributed by atoms with van der Waals surface area (Å²) in [7, 11) is 0. The molecule has 1 aromatic carbocycles. The van der Waals surface area contributed by atoms with E-state index in [4.69, 9.17) is 0 Å². The molecule has 1 unspecified atom stereocenters. The second-order valence-electron chi connectivity index (χ2n) is 5.02. The summed E-state index contributed by atoms with van der Waals surface area (Å²) < 4.78 is 0. The van der Waals surface area contributed by atoms with E-state index in [0.717, 1.165) is 12.0 Å². The van der Waals surface area contributed by atoms with Gasteiger partial charge in [-0.2, -0.15) is 11.3 Å². The van der Waals surface area contributed by atoms with Crippen LogP contribution in [0.4, 0.5) is 0 Å². The minimum Gasteiger partial charge on any atom is -0.384 e. The Kier molecular flexibility index (Phi) is 4.57. The average molecular weight is 289 g/mol. The molecule has 0 aliphatic carbocycles. The number of carbonyl (C=O) groups excluding carboxylic acids is 1. The predicted molar refractivity (Wildman–Crippen MR) is 82.0 cm³/mol. The zero-order valence-corrected chi connectivity index (χ0v) is 12.5. The molecule has 1 amide bonds. The van der Waals surface area contributed by atoms with E-state index in [-0.39, 0.29) is 12.5 Å². The number of amides is 1. The number of rotatable bonds is 5. The molecule has 0 aliphatic heterocycles.